The van der Waals surface area contributed by atoms with Crippen LogP contribution in [0.15, 0.2) is 0 Å². The van der Waals surface area contributed by atoms with Gasteiger partial charge in [-0.2, -0.15) is 0 Å². The van der Waals surface area contributed by atoms with Gasteiger partial charge in [0.25, 0.3) is 0 Å². The molecule has 3 unspecified atom stereocenters. The molecule has 4 nitrogen and oxygen atoms in total. The minimum atomic E-state index is -0.380. The van der Waals surface area contributed by atoms with Crippen LogP contribution >= 0.6 is 0 Å². The van der Waals surface area contributed by atoms with Crippen LogP contribution in [-0.2, 0) is 9.47 Å². The summed E-state index contributed by atoms with van der Waals surface area (Å²) >= 11 is 0. The number of rotatable bonds is 23. The van der Waals surface area contributed by atoms with Gasteiger partial charge < -0.3 is 19.7 Å². The van der Waals surface area contributed by atoms with Crippen molar-refractivity contribution in [1.82, 2.24) is 0 Å². The average Bonchev–Trinajstić information content (AvgIpc) is 2.73. The van der Waals surface area contributed by atoms with Crippen molar-refractivity contribution in [3.8, 4) is 0 Å². The molecule has 0 bridgehead atoms. The lowest BCUT2D eigenvalue weighted by atomic mass is 10.0. The summed E-state index contributed by atoms with van der Waals surface area (Å²) in [7, 11) is 0. The van der Waals surface area contributed by atoms with Gasteiger partial charge in [-0.3, -0.25) is 0 Å². The van der Waals surface area contributed by atoms with E-state index in [9.17, 15) is 5.11 Å². The lowest BCUT2D eigenvalue weighted by Crippen LogP contribution is -2.26. The molecule has 0 amide bonds. The molecule has 4 heteroatoms. The molecular formula is C25H52O4. The van der Waals surface area contributed by atoms with Gasteiger partial charge in [0.2, 0.25) is 0 Å². The van der Waals surface area contributed by atoms with Crippen molar-refractivity contribution in [2.75, 3.05) is 19.8 Å². The molecule has 0 rings (SSSR count). The van der Waals surface area contributed by atoms with Crippen molar-refractivity contribution in [2.24, 2.45) is 0 Å². The lowest BCUT2D eigenvalue weighted by molar-refractivity contribution is -0.0657. The molecule has 0 radical (unpaired) electrons. The van der Waals surface area contributed by atoms with Crippen LogP contribution in [0.3, 0.4) is 0 Å². The smallest absolute Gasteiger partial charge is 0.0781 e. The first-order valence-corrected chi connectivity index (χ1v) is 12.6. The first-order chi connectivity index (χ1) is 14.1. The minimum Gasteiger partial charge on any atom is -0.394 e. The van der Waals surface area contributed by atoms with Crippen molar-refractivity contribution in [3.05, 3.63) is 0 Å². The Kier molecular flexibility index (Phi) is 22.4. The Hall–Kier alpha value is -0.160. The highest BCUT2D eigenvalue weighted by Gasteiger charge is 2.10. The predicted molar refractivity (Wildman–Crippen MR) is 123 cm³/mol. The molecule has 29 heavy (non-hydrogen) atoms. The van der Waals surface area contributed by atoms with Crippen LogP contribution in [0.4, 0.5) is 0 Å². The van der Waals surface area contributed by atoms with Gasteiger partial charge in [-0.15, -0.1) is 0 Å². The zero-order chi connectivity index (χ0) is 21.6. The molecule has 0 saturated carbocycles. The summed E-state index contributed by atoms with van der Waals surface area (Å²) < 4.78 is 11.0. The van der Waals surface area contributed by atoms with Gasteiger partial charge in [-0.1, -0.05) is 103 Å². The Labute approximate surface area is 181 Å². The molecule has 3 atom stereocenters. The monoisotopic (exact) mass is 416 g/mol. The predicted octanol–water partition coefficient (Wildman–Crippen LogP) is 6.41. The first-order valence-electron chi connectivity index (χ1n) is 12.6. The Morgan fingerprint density at radius 3 is 1.45 bits per heavy atom. The van der Waals surface area contributed by atoms with Gasteiger partial charge in [0.15, 0.2) is 0 Å². The van der Waals surface area contributed by atoms with Crippen molar-refractivity contribution in [3.63, 3.8) is 0 Å². The SMILES string of the molecule is CCCCCCCCCCCCCCCCCC(O)COC(C)COC(C)CO. The number of aliphatic hydroxyl groups is 2. The van der Waals surface area contributed by atoms with Crippen LogP contribution in [0.25, 0.3) is 0 Å². The van der Waals surface area contributed by atoms with Crippen LogP contribution in [0, 0.1) is 0 Å². The third-order valence-corrected chi connectivity index (χ3v) is 5.59. The van der Waals surface area contributed by atoms with E-state index in [1.807, 2.05) is 13.8 Å². The van der Waals surface area contributed by atoms with Gasteiger partial charge in [0.1, 0.15) is 0 Å². The topological polar surface area (TPSA) is 58.9 Å². The summed E-state index contributed by atoms with van der Waals surface area (Å²) in [6.07, 6.45) is 20.6. The van der Waals surface area contributed by atoms with Crippen molar-refractivity contribution in [1.29, 1.82) is 0 Å². The van der Waals surface area contributed by atoms with Gasteiger partial charge >= 0.3 is 0 Å². The zero-order valence-electron chi connectivity index (χ0n) is 19.9. The molecule has 0 heterocycles. The van der Waals surface area contributed by atoms with Crippen molar-refractivity contribution < 1.29 is 19.7 Å². The Bertz CT molecular complexity index is 311. The largest absolute Gasteiger partial charge is 0.394 e. The second-order valence-corrected chi connectivity index (χ2v) is 8.86. The fourth-order valence-electron chi connectivity index (χ4n) is 3.51. The van der Waals surface area contributed by atoms with E-state index in [1.165, 1.54) is 89.9 Å². The van der Waals surface area contributed by atoms with Crippen LogP contribution in [0.1, 0.15) is 124 Å². The second-order valence-electron chi connectivity index (χ2n) is 8.86. The average molecular weight is 417 g/mol. The maximum absolute atomic E-state index is 10.0. The molecule has 2 N–H and O–H groups in total. The fraction of sp³-hybridized carbons (Fsp3) is 1.00. The summed E-state index contributed by atoms with van der Waals surface area (Å²) in [6.45, 7) is 6.89. The Morgan fingerprint density at radius 1 is 0.586 bits per heavy atom. The molecule has 0 aromatic rings. The number of aliphatic hydroxyl groups excluding tert-OH is 2. The van der Waals surface area contributed by atoms with Crippen LogP contribution in [-0.4, -0.2) is 48.3 Å². The summed E-state index contributed by atoms with van der Waals surface area (Å²) in [5.74, 6) is 0. The molecule has 0 aliphatic carbocycles. The number of ether oxygens (including phenoxy) is 2. The van der Waals surface area contributed by atoms with Crippen molar-refractivity contribution >= 4 is 0 Å². The molecule has 0 aromatic carbocycles. The molecule has 0 fully saturated rings. The lowest BCUT2D eigenvalue weighted by Gasteiger charge is -2.18. The summed E-state index contributed by atoms with van der Waals surface area (Å²) in [4.78, 5) is 0. The third kappa shape index (κ3) is 22.3. The molecule has 176 valence electrons. The van der Waals surface area contributed by atoms with E-state index in [0.717, 1.165) is 12.8 Å². The number of unbranched alkanes of at least 4 members (excludes halogenated alkanes) is 14. The van der Waals surface area contributed by atoms with Gasteiger partial charge in [-0.25, -0.2) is 0 Å². The minimum absolute atomic E-state index is 0.0224. The molecule has 0 aliphatic rings. The van der Waals surface area contributed by atoms with E-state index in [2.05, 4.69) is 6.92 Å². The highest BCUT2D eigenvalue weighted by atomic mass is 16.5. The summed E-state index contributed by atoms with van der Waals surface area (Å²) in [5.41, 5.74) is 0. The van der Waals surface area contributed by atoms with Crippen LogP contribution in [0.5, 0.6) is 0 Å². The van der Waals surface area contributed by atoms with E-state index in [1.54, 1.807) is 0 Å². The van der Waals surface area contributed by atoms with E-state index in [0.29, 0.717) is 13.2 Å². The quantitative estimate of drug-likeness (QED) is 0.189. The van der Waals surface area contributed by atoms with Crippen LogP contribution < -0.4 is 0 Å². The van der Waals surface area contributed by atoms with Crippen molar-refractivity contribution in [2.45, 2.75) is 142 Å². The molecular weight excluding hydrogens is 364 g/mol. The third-order valence-electron chi connectivity index (χ3n) is 5.59. The van der Waals surface area contributed by atoms with E-state index >= 15 is 0 Å². The highest BCUT2D eigenvalue weighted by molar-refractivity contribution is 4.58. The molecule has 0 aromatic heterocycles. The van der Waals surface area contributed by atoms with Gasteiger partial charge in [-0.05, 0) is 20.3 Å². The van der Waals surface area contributed by atoms with E-state index in [-0.39, 0.29) is 24.9 Å². The second kappa shape index (κ2) is 22.5. The fourth-order valence-corrected chi connectivity index (χ4v) is 3.51. The standard InChI is InChI=1S/C25H52O4/c1-4-5-6-7-8-9-10-11-12-13-14-15-16-17-18-19-25(27)22-29-24(3)21-28-23(2)20-26/h23-27H,4-22H2,1-3H3. The van der Waals surface area contributed by atoms with Gasteiger partial charge in [0, 0.05) is 0 Å². The molecule has 0 saturated heterocycles. The number of hydrogen-bond acceptors (Lipinski definition) is 4. The Morgan fingerprint density at radius 2 is 1.00 bits per heavy atom. The van der Waals surface area contributed by atoms with Gasteiger partial charge in [0.05, 0.1) is 38.1 Å². The maximum Gasteiger partial charge on any atom is 0.0781 e. The van der Waals surface area contributed by atoms with Crippen LogP contribution in [0.2, 0.25) is 0 Å². The normalized spacial score (nSPS) is 14.8. The zero-order valence-corrected chi connectivity index (χ0v) is 19.9. The first kappa shape index (κ1) is 28.8. The number of hydrogen-bond donors (Lipinski definition) is 2. The highest BCUT2D eigenvalue weighted by Crippen LogP contribution is 2.14. The van der Waals surface area contributed by atoms with E-state index in [4.69, 9.17) is 14.6 Å². The Balaban J connectivity index is 3.25. The summed E-state index contributed by atoms with van der Waals surface area (Å²) in [6, 6.07) is 0. The summed E-state index contributed by atoms with van der Waals surface area (Å²) in [5, 5.41) is 18.9. The molecule has 0 aliphatic heterocycles. The van der Waals surface area contributed by atoms with E-state index < -0.39 is 0 Å². The maximum atomic E-state index is 10.0. The molecule has 0 spiro atoms.